The summed E-state index contributed by atoms with van der Waals surface area (Å²) in [6.45, 7) is 5.50. The van der Waals surface area contributed by atoms with Crippen LogP contribution in [-0.4, -0.2) is 21.0 Å². The van der Waals surface area contributed by atoms with Crippen LogP contribution in [0, 0.1) is 5.92 Å². The van der Waals surface area contributed by atoms with E-state index in [0.717, 1.165) is 24.9 Å². The number of benzene rings is 1. The second kappa shape index (κ2) is 7.38. The van der Waals surface area contributed by atoms with Gasteiger partial charge in [0.1, 0.15) is 0 Å². The molecule has 0 aromatic heterocycles. The van der Waals surface area contributed by atoms with Gasteiger partial charge >= 0.3 is 0 Å². The topological polar surface area (TPSA) is 58.2 Å². The predicted molar refractivity (Wildman–Crippen MR) is 85.6 cm³/mol. The Bertz CT molecular complexity index is 532. The van der Waals surface area contributed by atoms with Gasteiger partial charge in [-0.15, -0.1) is 0 Å². The average Bonchev–Trinajstić information content (AvgIpc) is 2.97. The van der Waals surface area contributed by atoms with E-state index < -0.39 is 10.0 Å². The molecule has 0 saturated heterocycles. The van der Waals surface area contributed by atoms with Gasteiger partial charge in [-0.05, 0) is 36.5 Å². The van der Waals surface area contributed by atoms with Crippen molar-refractivity contribution in [1.29, 1.82) is 0 Å². The van der Waals surface area contributed by atoms with E-state index in [9.17, 15) is 8.42 Å². The van der Waals surface area contributed by atoms with E-state index in [0.29, 0.717) is 23.4 Å². The molecule has 1 fully saturated rings. The maximum atomic E-state index is 12.2. The summed E-state index contributed by atoms with van der Waals surface area (Å²) in [6.07, 6.45) is 4.73. The predicted octanol–water partition coefficient (Wildman–Crippen LogP) is 2.65. The summed E-state index contributed by atoms with van der Waals surface area (Å²) in [5.41, 5.74) is 1.10. The van der Waals surface area contributed by atoms with E-state index >= 15 is 0 Å². The molecule has 0 heterocycles. The first-order valence-electron chi connectivity index (χ1n) is 7.79. The van der Waals surface area contributed by atoms with Crippen molar-refractivity contribution in [2.75, 3.05) is 6.54 Å². The lowest BCUT2D eigenvalue weighted by Crippen LogP contribution is -2.28. The van der Waals surface area contributed by atoms with Crippen molar-refractivity contribution >= 4 is 10.0 Å². The van der Waals surface area contributed by atoms with Crippen LogP contribution in [0.1, 0.15) is 45.1 Å². The first-order valence-corrected chi connectivity index (χ1v) is 9.27. The van der Waals surface area contributed by atoms with Crippen LogP contribution >= 0.6 is 0 Å². The van der Waals surface area contributed by atoms with Crippen molar-refractivity contribution in [1.82, 2.24) is 10.0 Å². The molecule has 0 spiro atoms. The zero-order chi connectivity index (χ0) is 15.3. The van der Waals surface area contributed by atoms with Gasteiger partial charge in [0.2, 0.25) is 10.0 Å². The maximum absolute atomic E-state index is 12.2. The Morgan fingerprint density at radius 2 is 1.76 bits per heavy atom. The first kappa shape index (κ1) is 16.5. The minimum absolute atomic E-state index is 0.355. The molecule has 5 heteroatoms. The average molecular weight is 310 g/mol. The monoisotopic (exact) mass is 310 g/mol. The van der Waals surface area contributed by atoms with Crippen LogP contribution in [0.25, 0.3) is 0 Å². The lowest BCUT2D eigenvalue weighted by atomic mass is 10.1. The third-order valence-corrected chi connectivity index (χ3v) is 5.42. The molecule has 0 bridgehead atoms. The van der Waals surface area contributed by atoms with E-state index in [2.05, 4.69) is 23.9 Å². The van der Waals surface area contributed by atoms with Gasteiger partial charge in [0, 0.05) is 19.1 Å². The standard InChI is InChI=1S/C16H26N2O2S/c1-13(2)17-11-15-7-9-16(10-8-15)21(19,20)18-12-14-5-3-4-6-14/h7-10,13-14,17-18H,3-6,11-12H2,1-2H3. The fourth-order valence-electron chi connectivity index (χ4n) is 2.63. The molecule has 118 valence electrons. The Morgan fingerprint density at radius 3 is 2.33 bits per heavy atom. The highest BCUT2D eigenvalue weighted by Gasteiger charge is 2.19. The molecule has 1 aliphatic carbocycles. The molecule has 0 unspecified atom stereocenters. The molecular formula is C16H26N2O2S. The largest absolute Gasteiger partial charge is 0.310 e. The van der Waals surface area contributed by atoms with Crippen LogP contribution in [0.5, 0.6) is 0 Å². The van der Waals surface area contributed by atoms with Crippen molar-refractivity contribution < 1.29 is 8.42 Å². The van der Waals surface area contributed by atoms with E-state index in [1.807, 2.05) is 12.1 Å². The lowest BCUT2D eigenvalue weighted by molar-refractivity contribution is 0.519. The smallest absolute Gasteiger partial charge is 0.240 e. The summed E-state index contributed by atoms with van der Waals surface area (Å²) >= 11 is 0. The van der Waals surface area contributed by atoms with Crippen molar-refractivity contribution in [3.05, 3.63) is 29.8 Å². The molecule has 1 aliphatic rings. The number of sulfonamides is 1. The molecule has 1 aromatic carbocycles. The second-order valence-corrected chi connectivity index (χ2v) is 7.95. The molecule has 0 radical (unpaired) electrons. The fourth-order valence-corrected chi connectivity index (χ4v) is 3.75. The fraction of sp³-hybridized carbons (Fsp3) is 0.625. The Morgan fingerprint density at radius 1 is 1.14 bits per heavy atom. The summed E-state index contributed by atoms with van der Waals surface area (Å²) in [5.74, 6) is 0.509. The van der Waals surface area contributed by atoms with Gasteiger partial charge in [0.25, 0.3) is 0 Å². The zero-order valence-corrected chi connectivity index (χ0v) is 13.7. The van der Waals surface area contributed by atoms with Gasteiger partial charge in [0.15, 0.2) is 0 Å². The number of nitrogens with one attached hydrogen (secondary N) is 2. The second-order valence-electron chi connectivity index (χ2n) is 6.18. The molecule has 0 atom stereocenters. The first-order chi connectivity index (χ1) is 9.97. The van der Waals surface area contributed by atoms with Crippen LogP contribution in [0.15, 0.2) is 29.2 Å². The summed E-state index contributed by atoms with van der Waals surface area (Å²) in [4.78, 5) is 0.355. The van der Waals surface area contributed by atoms with Crippen molar-refractivity contribution in [2.45, 2.75) is 57.0 Å². The summed E-state index contributed by atoms with van der Waals surface area (Å²) in [5, 5.41) is 3.32. The lowest BCUT2D eigenvalue weighted by Gasteiger charge is -2.12. The van der Waals surface area contributed by atoms with Gasteiger partial charge < -0.3 is 5.32 Å². The van der Waals surface area contributed by atoms with Crippen molar-refractivity contribution in [3.63, 3.8) is 0 Å². The van der Waals surface area contributed by atoms with Gasteiger partial charge in [-0.1, -0.05) is 38.8 Å². The highest BCUT2D eigenvalue weighted by atomic mass is 32.2. The van der Waals surface area contributed by atoms with Gasteiger partial charge in [0.05, 0.1) is 4.90 Å². The van der Waals surface area contributed by atoms with E-state index in [-0.39, 0.29) is 0 Å². The van der Waals surface area contributed by atoms with Crippen molar-refractivity contribution in [3.8, 4) is 0 Å². The van der Waals surface area contributed by atoms with E-state index in [1.165, 1.54) is 12.8 Å². The SMILES string of the molecule is CC(C)NCc1ccc(S(=O)(=O)NCC2CCCC2)cc1. The zero-order valence-electron chi connectivity index (χ0n) is 12.9. The summed E-state index contributed by atoms with van der Waals surface area (Å²) < 4.78 is 27.2. The number of rotatable bonds is 7. The molecule has 0 amide bonds. The Labute approximate surface area is 128 Å². The molecule has 1 aromatic rings. The van der Waals surface area contributed by atoms with Crippen molar-refractivity contribution in [2.24, 2.45) is 5.92 Å². The highest BCUT2D eigenvalue weighted by Crippen LogP contribution is 2.24. The summed E-state index contributed by atoms with van der Waals surface area (Å²) in [7, 11) is -3.37. The normalized spacial score (nSPS) is 16.7. The molecule has 2 rings (SSSR count). The highest BCUT2D eigenvalue weighted by molar-refractivity contribution is 7.89. The van der Waals surface area contributed by atoms with E-state index in [1.54, 1.807) is 12.1 Å². The molecular weight excluding hydrogens is 284 g/mol. The third-order valence-electron chi connectivity index (χ3n) is 3.98. The van der Waals surface area contributed by atoms with Crippen LogP contribution in [0.4, 0.5) is 0 Å². The minimum atomic E-state index is -3.37. The minimum Gasteiger partial charge on any atom is -0.310 e. The Balaban J connectivity index is 1.92. The summed E-state index contributed by atoms with van der Waals surface area (Å²) in [6, 6.07) is 7.54. The van der Waals surface area contributed by atoms with Crippen LogP contribution in [0.3, 0.4) is 0 Å². The number of hydrogen-bond acceptors (Lipinski definition) is 3. The van der Waals surface area contributed by atoms with E-state index in [4.69, 9.17) is 0 Å². The molecule has 21 heavy (non-hydrogen) atoms. The number of hydrogen-bond donors (Lipinski definition) is 2. The van der Waals surface area contributed by atoms with Crippen LogP contribution in [-0.2, 0) is 16.6 Å². The molecule has 0 aliphatic heterocycles. The Hall–Kier alpha value is -0.910. The third kappa shape index (κ3) is 5.09. The van der Waals surface area contributed by atoms with Gasteiger partial charge in [-0.3, -0.25) is 0 Å². The van der Waals surface area contributed by atoms with Crippen LogP contribution < -0.4 is 10.0 Å². The molecule has 1 saturated carbocycles. The van der Waals surface area contributed by atoms with Gasteiger partial charge in [-0.2, -0.15) is 0 Å². The van der Waals surface area contributed by atoms with Crippen LogP contribution in [0.2, 0.25) is 0 Å². The molecule has 4 nitrogen and oxygen atoms in total. The molecule has 2 N–H and O–H groups in total. The van der Waals surface area contributed by atoms with Gasteiger partial charge in [-0.25, -0.2) is 13.1 Å². The Kier molecular flexibility index (Phi) is 5.79. The quantitative estimate of drug-likeness (QED) is 0.814. The maximum Gasteiger partial charge on any atom is 0.240 e.